The van der Waals surface area contributed by atoms with Crippen molar-refractivity contribution in [2.75, 3.05) is 18.2 Å². The summed E-state index contributed by atoms with van der Waals surface area (Å²) in [4.78, 5) is 4.18. The first-order valence-electron chi connectivity index (χ1n) is 5.19. The van der Waals surface area contributed by atoms with Gasteiger partial charge in [-0.05, 0) is 6.07 Å². The van der Waals surface area contributed by atoms with Gasteiger partial charge in [0.2, 0.25) is 0 Å². The zero-order valence-electron chi connectivity index (χ0n) is 9.97. The number of allylic oxidation sites excluding steroid dienone is 1. The molecule has 1 aromatic carbocycles. The van der Waals surface area contributed by atoms with E-state index in [-0.39, 0.29) is 5.57 Å². The monoisotopic (exact) mass is 271 g/mol. The maximum Gasteiger partial charge on any atom is 0.181 e. The first-order valence-corrected chi connectivity index (χ1v) is 6.00. The maximum absolute atomic E-state index is 8.65. The average molecular weight is 271 g/mol. The third kappa shape index (κ3) is 2.57. The number of nitrogens with one attached hydrogen (secondary N) is 1. The Labute approximate surface area is 113 Å². The molecule has 2 aromatic rings. The van der Waals surface area contributed by atoms with E-state index in [1.807, 2.05) is 6.07 Å². The summed E-state index contributed by atoms with van der Waals surface area (Å²) in [6.07, 6.45) is 1.34. The molecule has 94 valence electrons. The fourth-order valence-electron chi connectivity index (χ4n) is 1.50. The van der Waals surface area contributed by atoms with Crippen molar-refractivity contribution in [2.45, 2.75) is 0 Å². The molecule has 0 aliphatic heterocycles. The van der Waals surface area contributed by atoms with Crippen LogP contribution in [0.4, 0.5) is 10.8 Å². The summed E-state index contributed by atoms with van der Waals surface area (Å²) >= 11 is 1.34. The van der Waals surface area contributed by atoms with Crippen molar-refractivity contribution in [3.05, 3.63) is 23.9 Å². The molecule has 0 aliphatic carbocycles. The zero-order chi connectivity index (χ0) is 13.8. The standard InChI is InChI=1S/C12H9N5OS/c1-18-9-2-8(16-6-7(4-13)5-14)3-10-11(9)17-12(15)19-10/h2-3,6,16H,1H3,(H2,15,17). The third-order valence-corrected chi connectivity index (χ3v) is 3.15. The van der Waals surface area contributed by atoms with Gasteiger partial charge < -0.3 is 15.8 Å². The first kappa shape index (κ1) is 12.7. The average Bonchev–Trinajstić information content (AvgIpc) is 2.79. The molecule has 1 heterocycles. The van der Waals surface area contributed by atoms with Crippen LogP contribution < -0.4 is 15.8 Å². The Morgan fingerprint density at radius 3 is 2.84 bits per heavy atom. The van der Waals surface area contributed by atoms with Crippen molar-refractivity contribution in [3.8, 4) is 17.9 Å². The van der Waals surface area contributed by atoms with E-state index in [4.69, 9.17) is 21.0 Å². The van der Waals surface area contributed by atoms with Crippen molar-refractivity contribution in [3.63, 3.8) is 0 Å². The predicted molar refractivity (Wildman–Crippen MR) is 73.5 cm³/mol. The van der Waals surface area contributed by atoms with E-state index in [9.17, 15) is 0 Å². The summed E-state index contributed by atoms with van der Waals surface area (Å²) < 4.78 is 6.10. The van der Waals surface area contributed by atoms with Crippen LogP contribution in [-0.2, 0) is 0 Å². The number of thiazole rings is 1. The molecule has 2 rings (SSSR count). The van der Waals surface area contributed by atoms with Gasteiger partial charge in [0.05, 0.1) is 11.8 Å². The highest BCUT2D eigenvalue weighted by Crippen LogP contribution is 2.34. The number of anilines is 2. The van der Waals surface area contributed by atoms with Crippen LogP contribution in [0.15, 0.2) is 23.9 Å². The fourth-order valence-corrected chi connectivity index (χ4v) is 2.29. The number of fused-ring (bicyclic) bond motifs is 1. The molecule has 0 bridgehead atoms. The smallest absolute Gasteiger partial charge is 0.181 e. The van der Waals surface area contributed by atoms with Crippen molar-refractivity contribution in [2.24, 2.45) is 0 Å². The lowest BCUT2D eigenvalue weighted by Crippen LogP contribution is -1.92. The second kappa shape index (κ2) is 5.25. The normalized spacial score (nSPS) is 9.42. The minimum absolute atomic E-state index is 0.0112. The lowest BCUT2D eigenvalue weighted by Gasteiger charge is -2.05. The topological polar surface area (TPSA) is 108 Å². The number of benzene rings is 1. The van der Waals surface area contributed by atoms with E-state index in [1.165, 1.54) is 17.5 Å². The van der Waals surface area contributed by atoms with Crippen molar-refractivity contribution in [1.82, 2.24) is 4.98 Å². The maximum atomic E-state index is 8.65. The number of hydrogen-bond acceptors (Lipinski definition) is 7. The van der Waals surface area contributed by atoms with Gasteiger partial charge in [0.1, 0.15) is 29.0 Å². The molecule has 0 unspecified atom stereocenters. The Morgan fingerprint density at radius 2 is 2.21 bits per heavy atom. The number of nitrogen functional groups attached to an aromatic ring is 1. The highest BCUT2D eigenvalue weighted by Gasteiger charge is 2.09. The number of rotatable bonds is 3. The Balaban J connectivity index is 2.43. The number of nitriles is 2. The molecule has 19 heavy (non-hydrogen) atoms. The van der Waals surface area contributed by atoms with E-state index in [1.54, 1.807) is 25.3 Å². The zero-order valence-corrected chi connectivity index (χ0v) is 10.8. The molecule has 0 spiro atoms. The Hall–Kier alpha value is -2.77. The molecule has 0 atom stereocenters. The van der Waals surface area contributed by atoms with Crippen LogP contribution in [0.25, 0.3) is 10.2 Å². The Morgan fingerprint density at radius 1 is 1.47 bits per heavy atom. The van der Waals surface area contributed by atoms with Crippen LogP contribution in [-0.4, -0.2) is 12.1 Å². The lowest BCUT2D eigenvalue weighted by molar-refractivity contribution is 0.419. The predicted octanol–water partition coefficient (Wildman–Crippen LogP) is 2.23. The molecule has 7 heteroatoms. The molecule has 0 saturated carbocycles. The molecule has 0 radical (unpaired) electrons. The highest BCUT2D eigenvalue weighted by atomic mass is 32.1. The van der Waals surface area contributed by atoms with Gasteiger partial charge in [0, 0.05) is 18.0 Å². The van der Waals surface area contributed by atoms with Crippen LogP contribution in [0.1, 0.15) is 0 Å². The first-order chi connectivity index (χ1) is 9.17. The summed E-state index contributed by atoms with van der Waals surface area (Å²) in [7, 11) is 1.54. The molecule has 0 saturated heterocycles. The van der Waals surface area contributed by atoms with E-state index < -0.39 is 0 Å². The van der Waals surface area contributed by atoms with Gasteiger partial charge in [-0.25, -0.2) is 4.98 Å². The second-order valence-corrected chi connectivity index (χ2v) is 4.57. The molecule has 6 nitrogen and oxygen atoms in total. The molecule has 0 fully saturated rings. The number of aromatic nitrogens is 1. The summed E-state index contributed by atoms with van der Waals surface area (Å²) in [5.41, 5.74) is 7.04. The molecule has 0 aliphatic rings. The van der Waals surface area contributed by atoms with E-state index in [0.717, 1.165) is 4.70 Å². The van der Waals surface area contributed by atoms with Gasteiger partial charge in [-0.15, -0.1) is 0 Å². The largest absolute Gasteiger partial charge is 0.494 e. The summed E-state index contributed by atoms with van der Waals surface area (Å²) in [5.74, 6) is 0.580. The van der Waals surface area contributed by atoms with Gasteiger partial charge in [-0.3, -0.25) is 0 Å². The summed E-state index contributed by atoms with van der Waals surface area (Å²) in [6.45, 7) is 0. The van der Waals surface area contributed by atoms with Gasteiger partial charge in [-0.2, -0.15) is 10.5 Å². The fraction of sp³-hybridized carbons (Fsp3) is 0.0833. The van der Waals surface area contributed by atoms with Gasteiger partial charge in [-0.1, -0.05) is 11.3 Å². The van der Waals surface area contributed by atoms with Crippen molar-refractivity contribution in [1.29, 1.82) is 10.5 Å². The van der Waals surface area contributed by atoms with Crippen LogP contribution in [0, 0.1) is 22.7 Å². The van der Waals surface area contributed by atoms with E-state index >= 15 is 0 Å². The van der Waals surface area contributed by atoms with Gasteiger partial charge >= 0.3 is 0 Å². The number of ether oxygens (including phenoxy) is 1. The van der Waals surface area contributed by atoms with E-state index in [2.05, 4.69) is 10.3 Å². The molecule has 0 amide bonds. The molecular weight excluding hydrogens is 262 g/mol. The summed E-state index contributed by atoms with van der Waals surface area (Å²) in [5, 5.41) is 20.6. The molecular formula is C12H9N5OS. The van der Waals surface area contributed by atoms with Crippen LogP contribution >= 0.6 is 11.3 Å². The van der Waals surface area contributed by atoms with Crippen LogP contribution in [0.5, 0.6) is 5.75 Å². The van der Waals surface area contributed by atoms with Crippen molar-refractivity contribution >= 4 is 32.4 Å². The second-order valence-electron chi connectivity index (χ2n) is 3.50. The minimum atomic E-state index is -0.0112. The van der Waals surface area contributed by atoms with Crippen molar-refractivity contribution < 1.29 is 4.74 Å². The Kier molecular flexibility index (Phi) is 3.51. The quantitative estimate of drug-likeness (QED) is 0.829. The SMILES string of the molecule is COc1cc(NC=C(C#N)C#N)cc2sc(N)nc12. The molecule has 3 N–H and O–H groups in total. The summed E-state index contributed by atoms with van der Waals surface area (Å²) in [6, 6.07) is 7.09. The van der Waals surface area contributed by atoms with Gasteiger partial charge in [0.15, 0.2) is 5.13 Å². The highest BCUT2D eigenvalue weighted by molar-refractivity contribution is 7.22. The lowest BCUT2D eigenvalue weighted by atomic mass is 10.2. The Bertz CT molecular complexity index is 719. The number of nitrogens with zero attached hydrogens (tertiary/aromatic N) is 3. The number of methoxy groups -OCH3 is 1. The van der Waals surface area contributed by atoms with E-state index in [0.29, 0.717) is 22.1 Å². The van der Waals surface area contributed by atoms with Gasteiger partial charge in [0.25, 0.3) is 0 Å². The number of nitrogens with two attached hydrogens (primary N) is 1. The number of hydrogen-bond donors (Lipinski definition) is 2. The van der Waals surface area contributed by atoms with Crippen LogP contribution in [0.3, 0.4) is 0 Å². The molecule has 1 aromatic heterocycles. The minimum Gasteiger partial charge on any atom is -0.494 e. The third-order valence-electron chi connectivity index (χ3n) is 2.32. The van der Waals surface area contributed by atoms with Crippen LogP contribution in [0.2, 0.25) is 0 Å².